The van der Waals surface area contributed by atoms with Crippen LogP contribution in [0.2, 0.25) is 0 Å². The Labute approximate surface area is 149 Å². The molecule has 5 nitrogen and oxygen atoms in total. The smallest absolute Gasteiger partial charge is 0.220 e. The van der Waals surface area contributed by atoms with Crippen LogP contribution in [-0.4, -0.2) is 76.1 Å². The minimum Gasteiger partial charge on any atom is -0.472 e. The van der Waals surface area contributed by atoms with Gasteiger partial charge in [-0.05, 0) is 38.2 Å². The molecule has 6 heteroatoms. The molecule has 132 valence electrons. The summed E-state index contributed by atoms with van der Waals surface area (Å²) in [7, 11) is 0. The van der Waals surface area contributed by atoms with E-state index in [4.69, 9.17) is 4.74 Å². The standard InChI is InChI=1S/C18H28N4OS/c1-13-17-11-16(23-18(17)20-14(2)19-13)12-21-5-7-22(8-6-21)15-3-9-24-10-4-15/h15-16H,3-12H2,1-2H3. The number of fused-ring (bicyclic) bond motifs is 1. The van der Waals surface area contributed by atoms with Gasteiger partial charge in [0.05, 0.1) is 0 Å². The van der Waals surface area contributed by atoms with Crippen molar-refractivity contribution >= 4 is 11.8 Å². The fraction of sp³-hybridized carbons (Fsp3) is 0.778. The van der Waals surface area contributed by atoms with Gasteiger partial charge in [0.25, 0.3) is 0 Å². The second-order valence-corrected chi connectivity index (χ2v) is 8.49. The van der Waals surface area contributed by atoms with E-state index in [0.29, 0.717) is 0 Å². The van der Waals surface area contributed by atoms with Gasteiger partial charge in [-0.15, -0.1) is 0 Å². The van der Waals surface area contributed by atoms with E-state index in [9.17, 15) is 0 Å². The average molecular weight is 349 g/mol. The molecule has 1 unspecified atom stereocenters. The Morgan fingerprint density at radius 2 is 1.83 bits per heavy atom. The van der Waals surface area contributed by atoms with E-state index in [1.165, 1.54) is 56.1 Å². The molecule has 2 saturated heterocycles. The predicted molar refractivity (Wildman–Crippen MR) is 98.0 cm³/mol. The van der Waals surface area contributed by atoms with Gasteiger partial charge in [-0.25, -0.2) is 4.98 Å². The van der Waals surface area contributed by atoms with E-state index >= 15 is 0 Å². The highest BCUT2D eigenvalue weighted by Gasteiger charge is 2.31. The van der Waals surface area contributed by atoms with Crippen LogP contribution in [0.1, 0.15) is 29.9 Å². The lowest BCUT2D eigenvalue weighted by Gasteiger charge is -2.41. The second-order valence-electron chi connectivity index (χ2n) is 7.26. The van der Waals surface area contributed by atoms with Crippen LogP contribution in [0.5, 0.6) is 5.88 Å². The maximum atomic E-state index is 6.11. The van der Waals surface area contributed by atoms with Crippen LogP contribution in [0.3, 0.4) is 0 Å². The van der Waals surface area contributed by atoms with Gasteiger partial charge >= 0.3 is 0 Å². The SMILES string of the molecule is Cc1nc(C)c2c(n1)OC(CN1CCN(C3CCSCC3)CC1)C2. The van der Waals surface area contributed by atoms with Crippen molar-refractivity contribution in [3.8, 4) is 5.88 Å². The Morgan fingerprint density at radius 1 is 1.08 bits per heavy atom. The van der Waals surface area contributed by atoms with Crippen LogP contribution in [0.4, 0.5) is 0 Å². The van der Waals surface area contributed by atoms with E-state index in [-0.39, 0.29) is 6.10 Å². The quantitative estimate of drug-likeness (QED) is 0.831. The summed E-state index contributed by atoms with van der Waals surface area (Å²) in [5.41, 5.74) is 2.30. The van der Waals surface area contributed by atoms with Gasteiger partial charge in [0, 0.05) is 56.4 Å². The van der Waals surface area contributed by atoms with Gasteiger partial charge in [0.1, 0.15) is 11.9 Å². The number of thioether (sulfide) groups is 1. The molecule has 0 bridgehead atoms. The molecule has 1 aromatic rings. The molecule has 2 fully saturated rings. The predicted octanol–water partition coefficient (Wildman–Crippen LogP) is 1.91. The molecule has 1 aromatic heterocycles. The number of rotatable bonds is 3. The molecule has 0 aromatic carbocycles. The largest absolute Gasteiger partial charge is 0.472 e. The molecule has 0 saturated carbocycles. The number of hydrogen-bond acceptors (Lipinski definition) is 6. The highest BCUT2D eigenvalue weighted by Crippen LogP contribution is 2.29. The maximum Gasteiger partial charge on any atom is 0.220 e. The Bertz CT molecular complexity index is 583. The minimum absolute atomic E-state index is 0.243. The average Bonchev–Trinajstić information content (AvgIpc) is 2.99. The molecule has 1 atom stereocenters. The summed E-state index contributed by atoms with van der Waals surface area (Å²) < 4.78 is 6.11. The fourth-order valence-electron chi connectivity index (χ4n) is 4.22. The molecule has 0 radical (unpaired) electrons. The first-order valence-electron chi connectivity index (χ1n) is 9.24. The third kappa shape index (κ3) is 3.55. The Kier molecular flexibility index (Phi) is 4.97. The lowest BCUT2D eigenvalue weighted by atomic mass is 10.1. The summed E-state index contributed by atoms with van der Waals surface area (Å²) in [4.78, 5) is 14.2. The van der Waals surface area contributed by atoms with Crippen molar-refractivity contribution in [2.24, 2.45) is 0 Å². The first-order chi connectivity index (χ1) is 11.7. The highest BCUT2D eigenvalue weighted by molar-refractivity contribution is 7.99. The lowest BCUT2D eigenvalue weighted by molar-refractivity contribution is 0.0667. The van der Waals surface area contributed by atoms with Gasteiger partial charge in [-0.1, -0.05) is 0 Å². The van der Waals surface area contributed by atoms with Crippen molar-refractivity contribution < 1.29 is 4.74 Å². The molecule has 4 heterocycles. The zero-order valence-corrected chi connectivity index (χ0v) is 15.6. The molecule has 3 aliphatic rings. The summed E-state index contributed by atoms with van der Waals surface area (Å²) >= 11 is 2.12. The van der Waals surface area contributed by atoms with Gasteiger partial charge in [0.15, 0.2) is 0 Å². The van der Waals surface area contributed by atoms with E-state index in [0.717, 1.165) is 36.4 Å². The van der Waals surface area contributed by atoms with Crippen molar-refractivity contribution in [3.05, 3.63) is 17.1 Å². The molecule has 24 heavy (non-hydrogen) atoms. The summed E-state index contributed by atoms with van der Waals surface area (Å²) in [6, 6.07) is 0.835. The Morgan fingerprint density at radius 3 is 2.58 bits per heavy atom. The topological polar surface area (TPSA) is 41.5 Å². The highest BCUT2D eigenvalue weighted by atomic mass is 32.2. The number of aryl methyl sites for hydroxylation is 2. The van der Waals surface area contributed by atoms with Crippen molar-refractivity contribution in [1.82, 2.24) is 19.8 Å². The van der Waals surface area contributed by atoms with Crippen molar-refractivity contribution in [2.75, 3.05) is 44.2 Å². The first kappa shape index (κ1) is 16.6. The summed E-state index contributed by atoms with van der Waals surface area (Å²) in [5, 5.41) is 0. The number of ether oxygens (including phenoxy) is 1. The van der Waals surface area contributed by atoms with Crippen LogP contribution in [0.15, 0.2) is 0 Å². The monoisotopic (exact) mass is 348 g/mol. The Balaban J connectivity index is 1.28. The zero-order chi connectivity index (χ0) is 16.5. The first-order valence-corrected chi connectivity index (χ1v) is 10.4. The normalized spacial score (nSPS) is 26.3. The molecule has 4 rings (SSSR count). The lowest BCUT2D eigenvalue weighted by Crippen LogP contribution is -2.52. The molecular weight excluding hydrogens is 320 g/mol. The van der Waals surface area contributed by atoms with Crippen LogP contribution in [-0.2, 0) is 6.42 Å². The summed E-state index contributed by atoms with van der Waals surface area (Å²) in [5.74, 6) is 4.33. The van der Waals surface area contributed by atoms with Crippen LogP contribution in [0, 0.1) is 13.8 Å². The van der Waals surface area contributed by atoms with E-state index in [1.807, 2.05) is 6.92 Å². The second kappa shape index (κ2) is 7.18. The third-order valence-electron chi connectivity index (χ3n) is 5.57. The number of piperazine rings is 1. The van der Waals surface area contributed by atoms with Gasteiger partial charge in [-0.2, -0.15) is 16.7 Å². The van der Waals surface area contributed by atoms with Crippen molar-refractivity contribution in [3.63, 3.8) is 0 Å². The molecule has 0 spiro atoms. The van der Waals surface area contributed by atoms with E-state index in [1.54, 1.807) is 0 Å². The third-order valence-corrected chi connectivity index (χ3v) is 6.62. The van der Waals surface area contributed by atoms with Crippen LogP contribution in [0.25, 0.3) is 0 Å². The van der Waals surface area contributed by atoms with E-state index < -0.39 is 0 Å². The molecule has 3 aliphatic heterocycles. The number of hydrogen-bond donors (Lipinski definition) is 0. The van der Waals surface area contributed by atoms with Crippen molar-refractivity contribution in [2.45, 2.75) is 45.3 Å². The maximum absolute atomic E-state index is 6.11. The van der Waals surface area contributed by atoms with Gasteiger partial charge in [0.2, 0.25) is 5.88 Å². The van der Waals surface area contributed by atoms with Crippen LogP contribution < -0.4 is 4.74 Å². The minimum atomic E-state index is 0.243. The molecular formula is C18H28N4OS. The van der Waals surface area contributed by atoms with Crippen LogP contribution >= 0.6 is 11.8 Å². The molecule has 0 amide bonds. The zero-order valence-electron chi connectivity index (χ0n) is 14.8. The fourth-order valence-corrected chi connectivity index (χ4v) is 5.30. The molecule has 0 aliphatic carbocycles. The Hall–Kier alpha value is -0.850. The molecule has 0 N–H and O–H groups in total. The summed E-state index contributed by atoms with van der Waals surface area (Å²) in [6.45, 7) is 9.80. The van der Waals surface area contributed by atoms with Gasteiger partial charge in [-0.3, -0.25) is 9.80 Å². The van der Waals surface area contributed by atoms with Crippen molar-refractivity contribution in [1.29, 1.82) is 0 Å². The summed E-state index contributed by atoms with van der Waals surface area (Å²) in [6.07, 6.45) is 3.96. The van der Waals surface area contributed by atoms with E-state index in [2.05, 4.69) is 38.5 Å². The number of aromatic nitrogens is 2. The van der Waals surface area contributed by atoms with Gasteiger partial charge < -0.3 is 4.74 Å². The number of nitrogens with zero attached hydrogens (tertiary/aromatic N) is 4.